The van der Waals surface area contributed by atoms with Gasteiger partial charge in [-0.2, -0.15) is 13.2 Å². The number of nitrogens with zero attached hydrogens (tertiary/aromatic N) is 6. The van der Waals surface area contributed by atoms with Crippen LogP contribution in [0.2, 0.25) is 0 Å². The van der Waals surface area contributed by atoms with Crippen LogP contribution in [-0.2, 0) is 6.18 Å². The number of halogens is 3. The number of ether oxygens (including phenoxy) is 1. The molecule has 0 aliphatic carbocycles. The highest BCUT2D eigenvalue weighted by molar-refractivity contribution is 5.98. The number of hydrogen-bond acceptors (Lipinski definition) is 7. The molecule has 192 valence electrons. The third kappa shape index (κ3) is 6.32. The van der Waals surface area contributed by atoms with E-state index in [1.54, 1.807) is 42.4 Å². The minimum Gasteiger partial charge on any atom is -0.471 e. The molecule has 8 nitrogen and oxygen atoms in total. The molecule has 11 heteroatoms. The van der Waals surface area contributed by atoms with Crippen molar-refractivity contribution in [3.05, 3.63) is 60.1 Å². The van der Waals surface area contributed by atoms with Gasteiger partial charge in [0.15, 0.2) is 11.5 Å². The fourth-order valence-electron chi connectivity index (χ4n) is 3.95. The minimum absolute atomic E-state index is 0.0356. The number of hydrogen-bond donors (Lipinski definition) is 0. The third-order valence-electron chi connectivity index (χ3n) is 5.65. The number of rotatable bonds is 10. The number of amides is 1. The van der Waals surface area contributed by atoms with Crippen LogP contribution in [0.25, 0.3) is 11.4 Å². The van der Waals surface area contributed by atoms with Crippen LogP contribution in [0.15, 0.2) is 43.0 Å². The molecule has 1 amide bonds. The standard InChI is InChI=1S/C25H29F3N6O2/c1-5-9-18(19(6-2)36-21-15-31-20(14-32-21)25(26,27)28)34(7-3)24(35)22-17(11-10-16(4)33-22)23-29-12-8-13-30-23/h8,10-15,18-19H,5-7,9H2,1-4H3. The first-order valence-corrected chi connectivity index (χ1v) is 11.8. The number of carbonyl (C=O) groups is 1. The Morgan fingerprint density at radius 3 is 2.33 bits per heavy atom. The lowest BCUT2D eigenvalue weighted by Gasteiger charge is -2.36. The van der Waals surface area contributed by atoms with Crippen LogP contribution < -0.4 is 4.74 Å². The molecule has 0 saturated carbocycles. The normalized spacial score (nSPS) is 13.2. The van der Waals surface area contributed by atoms with E-state index in [-0.39, 0.29) is 23.5 Å². The van der Waals surface area contributed by atoms with E-state index in [2.05, 4.69) is 24.9 Å². The molecule has 0 aliphatic heterocycles. The molecular weight excluding hydrogens is 473 g/mol. The Morgan fingerprint density at radius 2 is 1.78 bits per heavy atom. The number of alkyl halides is 3. The summed E-state index contributed by atoms with van der Waals surface area (Å²) in [6, 6.07) is 4.88. The fourth-order valence-corrected chi connectivity index (χ4v) is 3.95. The lowest BCUT2D eigenvalue weighted by Crippen LogP contribution is -2.49. The summed E-state index contributed by atoms with van der Waals surface area (Å²) in [6.07, 6.45) is 1.53. The zero-order chi connectivity index (χ0) is 26.3. The summed E-state index contributed by atoms with van der Waals surface area (Å²) < 4.78 is 44.6. The smallest absolute Gasteiger partial charge is 0.434 e. The van der Waals surface area contributed by atoms with Crippen molar-refractivity contribution in [3.8, 4) is 17.3 Å². The van der Waals surface area contributed by atoms with E-state index >= 15 is 0 Å². The van der Waals surface area contributed by atoms with E-state index in [4.69, 9.17) is 4.74 Å². The van der Waals surface area contributed by atoms with Crippen LogP contribution in [0.5, 0.6) is 5.88 Å². The molecule has 0 fully saturated rings. The quantitative estimate of drug-likeness (QED) is 0.379. The topological polar surface area (TPSA) is 94.0 Å². The van der Waals surface area contributed by atoms with Crippen molar-refractivity contribution < 1.29 is 22.7 Å². The summed E-state index contributed by atoms with van der Waals surface area (Å²) in [5, 5.41) is 0. The molecule has 36 heavy (non-hydrogen) atoms. The molecule has 0 radical (unpaired) electrons. The Labute approximate surface area is 208 Å². The number of pyridine rings is 1. The van der Waals surface area contributed by atoms with E-state index in [1.807, 2.05) is 20.8 Å². The first kappa shape index (κ1) is 27.0. The van der Waals surface area contributed by atoms with E-state index in [1.165, 1.54) is 0 Å². The molecule has 2 unspecified atom stereocenters. The van der Waals surface area contributed by atoms with Gasteiger partial charge in [0, 0.05) is 24.6 Å². The van der Waals surface area contributed by atoms with Crippen LogP contribution in [0.3, 0.4) is 0 Å². The molecule has 0 aromatic carbocycles. The van der Waals surface area contributed by atoms with Gasteiger partial charge in [0.2, 0.25) is 5.88 Å². The number of aromatic nitrogens is 5. The van der Waals surface area contributed by atoms with Gasteiger partial charge in [-0.05, 0) is 44.9 Å². The average molecular weight is 503 g/mol. The van der Waals surface area contributed by atoms with E-state index in [0.29, 0.717) is 42.7 Å². The van der Waals surface area contributed by atoms with Gasteiger partial charge in [0.05, 0.1) is 24.0 Å². The van der Waals surface area contributed by atoms with Crippen molar-refractivity contribution in [2.45, 2.75) is 65.3 Å². The third-order valence-corrected chi connectivity index (χ3v) is 5.65. The van der Waals surface area contributed by atoms with Crippen LogP contribution in [0, 0.1) is 6.92 Å². The summed E-state index contributed by atoms with van der Waals surface area (Å²) in [5.74, 6) is 0.0499. The Hall–Kier alpha value is -3.63. The highest BCUT2D eigenvalue weighted by Gasteiger charge is 2.35. The second kappa shape index (κ2) is 11.9. The zero-order valence-corrected chi connectivity index (χ0v) is 20.7. The Kier molecular flexibility index (Phi) is 8.89. The Bertz CT molecular complexity index is 1140. The van der Waals surface area contributed by atoms with Gasteiger partial charge in [-0.15, -0.1) is 0 Å². The highest BCUT2D eigenvalue weighted by Crippen LogP contribution is 2.28. The van der Waals surface area contributed by atoms with Gasteiger partial charge < -0.3 is 9.64 Å². The maximum Gasteiger partial charge on any atom is 0.434 e. The molecule has 0 aliphatic rings. The molecule has 3 heterocycles. The van der Waals surface area contributed by atoms with E-state index in [9.17, 15) is 18.0 Å². The van der Waals surface area contributed by atoms with Crippen molar-refractivity contribution in [1.82, 2.24) is 29.8 Å². The fraction of sp³-hybridized carbons (Fsp3) is 0.440. The molecular formula is C25H29F3N6O2. The van der Waals surface area contributed by atoms with Crippen molar-refractivity contribution in [1.29, 1.82) is 0 Å². The van der Waals surface area contributed by atoms with Gasteiger partial charge in [0.25, 0.3) is 5.91 Å². The molecule has 3 aromatic heterocycles. The molecule has 2 atom stereocenters. The summed E-state index contributed by atoms with van der Waals surface area (Å²) in [4.78, 5) is 35.8. The SMILES string of the molecule is CCCC(C(CC)Oc1cnc(C(F)(F)F)cn1)N(CC)C(=O)c1nc(C)ccc1-c1ncccn1. The van der Waals surface area contributed by atoms with E-state index < -0.39 is 18.0 Å². The Morgan fingerprint density at radius 1 is 1.06 bits per heavy atom. The summed E-state index contributed by atoms with van der Waals surface area (Å²) in [6.45, 7) is 7.90. The first-order valence-electron chi connectivity index (χ1n) is 11.8. The first-order chi connectivity index (χ1) is 17.2. The highest BCUT2D eigenvalue weighted by atomic mass is 19.4. The van der Waals surface area contributed by atoms with Gasteiger partial charge in [0.1, 0.15) is 11.8 Å². The molecule has 0 N–H and O–H groups in total. The second-order valence-corrected chi connectivity index (χ2v) is 8.17. The van der Waals surface area contributed by atoms with Gasteiger partial charge in [-0.3, -0.25) is 4.79 Å². The molecule has 0 bridgehead atoms. The second-order valence-electron chi connectivity index (χ2n) is 8.17. The molecule has 0 saturated heterocycles. The predicted octanol–water partition coefficient (Wildman–Crippen LogP) is 5.14. The van der Waals surface area contributed by atoms with E-state index in [0.717, 1.165) is 12.6 Å². The zero-order valence-electron chi connectivity index (χ0n) is 20.7. The van der Waals surface area contributed by atoms with Crippen LogP contribution in [0.1, 0.15) is 61.9 Å². The van der Waals surface area contributed by atoms with Gasteiger partial charge in [-0.1, -0.05) is 20.3 Å². The molecule has 3 rings (SSSR count). The summed E-state index contributed by atoms with van der Waals surface area (Å²) in [7, 11) is 0. The number of aryl methyl sites for hydroxylation is 1. The number of carbonyl (C=O) groups excluding carboxylic acids is 1. The maximum atomic E-state index is 13.9. The van der Waals surface area contributed by atoms with Crippen molar-refractivity contribution in [2.75, 3.05) is 6.54 Å². The van der Waals surface area contributed by atoms with Crippen LogP contribution in [0.4, 0.5) is 13.2 Å². The predicted molar refractivity (Wildman–Crippen MR) is 127 cm³/mol. The van der Waals surface area contributed by atoms with Crippen molar-refractivity contribution >= 4 is 5.91 Å². The lowest BCUT2D eigenvalue weighted by atomic mass is 10.00. The minimum atomic E-state index is -4.59. The van der Waals surface area contributed by atoms with Crippen molar-refractivity contribution in [2.24, 2.45) is 0 Å². The molecule has 3 aromatic rings. The monoisotopic (exact) mass is 502 g/mol. The van der Waals surface area contributed by atoms with Crippen molar-refractivity contribution in [3.63, 3.8) is 0 Å². The van der Waals surface area contributed by atoms with Crippen LogP contribution in [-0.4, -0.2) is 54.4 Å². The molecule has 0 spiro atoms. The van der Waals surface area contributed by atoms with Gasteiger partial charge in [-0.25, -0.2) is 24.9 Å². The van der Waals surface area contributed by atoms with Crippen LogP contribution >= 0.6 is 0 Å². The summed E-state index contributed by atoms with van der Waals surface area (Å²) in [5.41, 5.74) is 0.319. The average Bonchev–Trinajstić information content (AvgIpc) is 2.87. The maximum absolute atomic E-state index is 13.9. The largest absolute Gasteiger partial charge is 0.471 e. The number of likely N-dealkylation sites (N-methyl/N-ethyl adjacent to an activating group) is 1. The summed E-state index contributed by atoms with van der Waals surface area (Å²) >= 11 is 0. The lowest BCUT2D eigenvalue weighted by molar-refractivity contribution is -0.141. The van der Waals surface area contributed by atoms with Gasteiger partial charge >= 0.3 is 6.18 Å². The Balaban J connectivity index is 1.94.